The number of Topliss-reactive ketones (excluding diaryl/α,β-unsaturated/α-hetero) is 1. The molecular formula is C23H17ClO5. The van der Waals surface area contributed by atoms with Gasteiger partial charge in [-0.15, -0.1) is 0 Å². The molecule has 1 atom stereocenters. The number of hydrogen-bond donors (Lipinski definition) is 0. The van der Waals surface area contributed by atoms with E-state index in [-0.39, 0.29) is 17.1 Å². The van der Waals surface area contributed by atoms with Crippen molar-refractivity contribution in [3.63, 3.8) is 0 Å². The number of halogens is 1. The van der Waals surface area contributed by atoms with Crippen LogP contribution in [-0.2, 0) is 9.53 Å². The summed E-state index contributed by atoms with van der Waals surface area (Å²) in [6, 6.07) is 21.2. The second kappa shape index (κ2) is 9.17. The molecule has 0 N–H and O–H groups in total. The molecule has 0 radical (unpaired) electrons. The number of ketones is 1. The lowest BCUT2D eigenvalue weighted by atomic mass is 9.99. The molecule has 1 unspecified atom stereocenters. The molecule has 3 rings (SSSR count). The summed E-state index contributed by atoms with van der Waals surface area (Å²) in [6.45, 7) is 1.23. The maximum Gasteiger partial charge on any atom is 0.343 e. The van der Waals surface area contributed by atoms with Gasteiger partial charge in [0.15, 0.2) is 6.10 Å². The number of rotatable bonds is 6. The highest BCUT2D eigenvalue weighted by Crippen LogP contribution is 2.27. The highest BCUT2D eigenvalue weighted by Gasteiger charge is 2.28. The van der Waals surface area contributed by atoms with Crippen molar-refractivity contribution < 1.29 is 23.9 Å². The second-order valence-corrected chi connectivity index (χ2v) is 6.59. The van der Waals surface area contributed by atoms with Crippen LogP contribution in [0.25, 0.3) is 0 Å². The summed E-state index contributed by atoms with van der Waals surface area (Å²) in [5.74, 6) is -1.68. The van der Waals surface area contributed by atoms with Crippen LogP contribution < -0.4 is 4.74 Å². The van der Waals surface area contributed by atoms with Crippen LogP contribution in [0.4, 0.5) is 0 Å². The molecule has 29 heavy (non-hydrogen) atoms. The number of ether oxygens (including phenoxy) is 2. The van der Waals surface area contributed by atoms with Gasteiger partial charge < -0.3 is 9.47 Å². The maximum absolute atomic E-state index is 13.1. The minimum absolute atomic E-state index is 0.0440. The molecule has 0 saturated carbocycles. The van der Waals surface area contributed by atoms with Gasteiger partial charge in [-0.2, -0.15) is 0 Å². The summed E-state index contributed by atoms with van der Waals surface area (Å²) >= 11 is 5.94. The normalized spacial score (nSPS) is 11.4. The second-order valence-electron chi connectivity index (χ2n) is 6.16. The van der Waals surface area contributed by atoms with Gasteiger partial charge in [-0.3, -0.25) is 9.59 Å². The molecule has 0 heterocycles. The molecule has 0 aliphatic carbocycles. The highest BCUT2D eigenvalue weighted by atomic mass is 35.5. The Hall–Kier alpha value is -3.44. The first kappa shape index (κ1) is 20.3. The first-order valence-corrected chi connectivity index (χ1v) is 9.16. The minimum Gasteiger partial charge on any atom is -0.445 e. The standard InChI is InChI=1S/C23H17ClO5/c1-15(25)28-20-10-6-5-9-19(20)23(27)29-22(17-11-13-18(24)14-12-17)21(26)16-7-3-2-4-8-16/h2-14,22H,1H3. The minimum atomic E-state index is -1.19. The summed E-state index contributed by atoms with van der Waals surface area (Å²) in [7, 11) is 0. The van der Waals surface area contributed by atoms with E-state index >= 15 is 0 Å². The summed E-state index contributed by atoms with van der Waals surface area (Å²) < 4.78 is 10.7. The largest absolute Gasteiger partial charge is 0.445 e. The van der Waals surface area contributed by atoms with E-state index in [2.05, 4.69) is 0 Å². The van der Waals surface area contributed by atoms with Crippen molar-refractivity contribution in [3.8, 4) is 5.75 Å². The molecule has 146 valence electrons. The van der Waals surface area contributed by atoms with Gasteiger partial charge in [0.05, 0.1) is 0 Å². The van der Waals surface area contributed by atoms with E-state index < -0.39 is 18.0 Å². The predicted octanol–water partition coefficient (Wildman–Crippen LogP) is 5.05. The summed E-state index contributed by atoms with van der Waals surface area (Å²) in [5.41, 5.74) is 0.914. The van der Waals surface area contributed by atoms with Gasteiger partial charge in [0.1, 0.15) is 11.3 Å². The summed E-state index contributed by atoms with van der Waals surface area (Å²) in [4.78, 5) is 37.2. The van der Waals surface area contributed by atoms with Gasteiger partial charge in [0.25, 0.3) is 0 Å². The fourth-order valence-electron chi connectivity index (χ4n) is 2.71. The van der Waals surface area contributed by atoms with Crippen LogP contribution in [0.15, 0.2) is 78.9 Å². The average Bonchev–Trinajstić information content (AvgIpc) is 2.73. The Morgan fingerprint density at radius 3 is 2.10 bits per heavy atom. The smallest absolute Gasteiger partial charge is 0.343 e. The third-order valence-electron chi connectivity index (χ3n) is 4.05. The molecule has 6 heteroatoms. The number of carbonyl (C=O) groups excluding carboxylic acids is 3. The summed E-state index contributed by atoms with van der Waals surface area (Å²) in [6.07, 6.45) is -1.19. The lowest BCUT2D eigenvalue weighted by molar-refractivity contribution is -0.131. The van der Waals surface area contributed by atoms with E-state index in [0.717, 1.165) is 0 Å². The molecular weight excluding hydrogens is 392 g/mol. The van der Waals surface area contributed by atoms with Gasteiger partial charge in [0, 0.05) is 23.1 Å². The van der Waals surface area contributed by atoms with Crippen LogP contribution in [0.3, 0.4) is 0 Å². The quantitative estimate of drug-likeness (QED) is 0.324. The van der Waals surface area contributed by atoms with E-state index in [1.807, 2.05) is 0 Å². The first-order chi connectivity index (χ1) is 14.0. The van der Waals surface area contributed by atoms with Crippen LogP contribution in [0.1, 0.15) is 39.3 Å². The van der Waals surface area contributed by atoms with E-state index in [9.17, 15) is 14.4 Å². The molecule has 0 saturated heterocycles. The van der Waals surface area contributed by atoms with Crippen molar-refractivity contribution in [1.29, 1.82) is 0 Å². The first-order valence-electron chi connectivity index (χ1n) is 8.79. The van der Waals surface area contributed by atoms with Crippen molar-refractivity contribution in [2.45, 2.75) is 13.0 Å². The van der Waals surface area contributed by atoms with Gasteiger partial charge in [-0.1, -0.05) is 66.2 Å². The lowest BCUT2D eigenvalue weighted by Gasteiger charge is -2.18. The van der Waals surface area contributed by atoms with Crippen molar-refractivity contribution >= 4 is 29.3 Å². The van der Waals surface area contributed by atoms with E-state index in [1.54, 1.807) is 66.7 Å². The van der Waals surface area contributed by atoms with Crippen LogP contribution in [0.5, 0.6) is 5.75 Å². The van der Waals surface area contributed by atoms with E-state index in [0.29, 0.717) is 16.1 Å². The van der Waals surface area contributed by atoms with Crippen LogP contribution in [0, 0.1) is 0 Å². The van der Waals surface area contributed by atoms with Crippen LogP contribution in [0.2, 0.25) is 5.02 Å². The number of hydrogen-bond acceptors (Lipinski definition) is 5. The zero-order valence-corrected chi connectivity index (χ0v) is 16.3. The van der Waals surface area contributed by atoms with Crippen LogP contribution >= 0.6 is 11.6 Å². The molecule has 0 bridgehead atoms. The van der Waals surface area contributed by atoms with Gasteiger partial charge >= 0.3 is 11.9 Å². The molecule has 0 spiro atoms. The molecule has 0 aromatic heterocycles. The molecule has 0 aliphatic rings. The van der Waals surface area contributed by atoms with Gasteiger partial charge in [-0.25, -0.2) is 4.79 Å². The van der Waals surface area contributed by atoms with Gasteiger partial charge in [-0.05, 0) is 24.3 Å². The molecule has 0 aliphatic heterocycles. The topological polar surface area (TPSA) is 69.7 Å². The van der Waals surface area contributed by atoms with Crippen molar-refractivity contribution in [2.75, 3.05) is 0 Å². The van der Waals surface area contributed by atoms with E-state index in [1.165, 1.54) is 19.1 Å². The van der Waals surface area contributed by atoms with E-state index in [4.69, 9.17) is 21.1 Å². The molecule has 3 aromatic rings. The highest BCUT2D eigenvalue weighted by molar-refractivity contribution is 6.30. The number of carbonyl (C=O) groups is 3. The Kier molecular flexibility index (Phi) is 6.42. The molecule has 3 aromatic carbocycles. The Bertz CT molecular complexity index is 1030. The molecule has 0 amide bonds. The predicted molar refractivity (Wildman–Crippen MR) is 108 cm³/mol. The third kappa shape index (κ3) is 5.09. The fourth-order valence-corrected chi connectivity index (χ4v) is 2.84. The SMILES string of the molecule is CC(=O)Oc1ccccc1C(=O)OC(C(=O)c1ccccc1)c1ccc(Cl)cc1. The summed E-state index contributed by atoms with van der Waals surface area (Å²) in [5, 5.41) is 0.492. The van der Waals surface area contributed by atoms with Crippen molar-refractivity contribution in [2.24, 2.45) is 0 Å². The van der Waals surface area contributed by atoms with Gasteiger partial charge in [0.2, 0.25) is 5.78 Å². The Labute approximate surface area is 172 Å². The van der Waals surface area contributed by atoms with Crippen LogP contribution in [-0.4, -0.2) is 17.7 Å². The zero-order chi connectivity index (χ0) is 20.8. The zero-order valence-electron chi connectivity index (χ0n) is 15.5. The lowest BCUT2D eigenvalue weighted by Crippen LogP contribution is -2.21. The molecule has 0 fully saturated rings. The maximum atomic E-state index is 13.1. The Morgan fingerprint density at radius 2 is 1.45 bits per heavy atom. The average molecular weight is 409 g/mol. The number of esters is 2. The van der Waals surface area contributed by atoms with Crippen molar-refractivity contribution in [1.82, 2.24) is 0 Å². The fraction of sp³-hybridized carbons (Fsp3) is 0.0870. The monoisotopic (exact) mass is 408 g/mol. The Morgan fingerprint density at radius 1 is 0.828 bits per heavy atom. The molecule has 5 nitrogen and oxygen atoms in total. The third-order valence-corrected chi connectivity index (χ3v) is 4.31. The Balaban J connectivity index is 1.95. The van der Waals surface area contributed by atoms with Crippen molar-refractivity contribution in [3.05, 3.63) is 101 Å². The number of para-hydroxylation sites is 1. The number of benzene rings is 3.